The molecule has 12 heteroatoms. The van der Waals surface area contributed by atoms with E-state index in [-0.39, 0.29) is 11.7 Å². The Bertz CT molecular complexity index is 942. The summed E-state index contributed by atoms with van der Waals surface area (Å²) in [6, 6.07) is 8.35. The van der Waals surface area contributed by atoms with E-state index in [9.17, 15) is 14.9 Å². The van der Waals surface area contributed by atoms with E-state index in [2.05, 4.69) is 26.2 Å². The van der Waals surface area contributed by atoms with Gasteiger partial charge < -0.3 is 20.2 Å². The van der Waals surface area contributed by atoms with Crippen LogP contribution in [0.1, 0.15) is 28.0 Å². The highest BCUT2D eigenvalue weighted by Crippen LogP contribution is 2.13. The van der Waals surface area contributed by atoms with Crippen LogP contribution in [0.3, 0.4) is 0 Å². The Kier molecular flexibility index (Phi) is 8.48. The third-order valence-electron chi connectivity index (χ3n) is 5.03. The number of amides is 1. The summed E-state index contributed by atoms with van der Waals surface area (Å²) in [5.41, 5.74) is 7.29. The van der Waals surface area contributed by atoms with Gasteiger partial charge in [-0.25, -0.2) is 0 Å². The number of hydrogen-bond acceptors (Lipinski definition) is 7. The molecule has 0 unspecified atom stereocenters. The normalized spacial score (nSPS) is 14.0. The van der Waals surface area contributed by atoms with Crippen molar-refractivity contribution in [3.63, 3.8) is 0 Å². The minimum absolute atomic E-state index is 0.185. The first kappa shape index (κ1) is 23.6. The van der Waals surface area contributed by atoms with Crippen molar-refractivity contribution in [3.05, 3.63) is 57.3 Å². The number of nitrogens with zero attached hydrogens (tertiary/aromatic N) is 4. The number of nitrogens with one attached hydrogen (secondary N) is 3. The van der Waals surface area contributed by atoms with Crippen molar-refractivity contribution < 1.29 is 14.5 Å². The summed E-state index contributed by atoms with van der Waals surface area (Å²) < 4.78 is 6.88. The highest BCUT2D eigenvalue weighted by atomic mass is 32.1. The lowest BCUT2D eigenvalue weighted by atomic mass is 10.1. The van der Waals surface area contributed by atoms with Gasteiger partial charge in [-0.05, 0) is 54.7 Å². The maximum absolute atomic E-state index is 12.3. The zero-order chi connectivity index (χ0) is 22.9. The third kappa shape index (κ3) is 6.97. The van der Waals surface area contributed by atoms with Crippen LogP contribution in [0.2, 0.25) is 0 Å². The van der Waals surface area contributed by atoms with Crippen molar-refractivity contribution in [2.75, 3.05) is 39.4 Å². The quantitative estimate of drug-likeness (QED) is 0.228. The van der Waals surface area contributed by atoms with Crippen LogP contribution in [0.4, 0.5) is 5.82 Å². The van der Waals surface area contributed by atoms with Gasteiger partial charge in [0.2, 0.25) is 0 Å². The molecule has 0 bridgehead atoms. The van der Waals surface area contributed by atoms with Crippen LogP contribution < -0.4 is 16.2 Å². The van der Waals surface area contributed by atoms with Crippen LogP contribution in [0.15, 0.2) is 30.3 Å². The van der Waals surface area contributed by atoms with E-state index in [4.69, 9.17) is 17.0 Å². The molecule has 2 aromatic rings. The number of hydrogen-bond donors (Lipinski definition) is 3. The average molecular weight is 462 g/mol. The average Bonchev–Trinajstić information content (AvgIpc) is 3.17. The molecule has 1 aromatic heterocycles. The fourth-order valence-corrected chi connectivity index (χ4v) is 3.39. The Morgan fingerprint density at radius 1 is 1.25 bits per heavy atom. The molecular formula is C20H27N7O4S. The van der Waals surface area contributed by atoms with Crippen LogP contribution in [0.25, 0.3) is 0 Å². The first-order valence-corrected chi connectivity index (χ1v) is 10.8. The smallest absolute Gasteiger partial charge is 0.379 e. The Hall–Kier alpha value is -3.09. The van der Waals surface area contributed by atoms with Crippen LogP contribution in [0, 0.1) is 17.0 Å². The first-order valence-electron chi connectivity index (χ1n) is 10.3. The van der Waals surface area contributed by atoms with E-state index < -0.39 is 4.92 Å². The minimum Gasteiger partial charge on any atom is -0.379 e. The second-order valence-corrected chi connectivity index (χ2v) is 7.81. The van der Waals surface area contributed by atoms with E-state index >= 15 is 0 Å². The van der Waals surface area contributed by atoms with E-state index in [0.29, 0.717) is 29.5 Å². The monoisotopic (exact) mass is 461 g/mol. The first-order chi connectivity index (χ1) is 15.4. The topological polar surface area (TPSA) is 127 Å². The number of ether oxygens (including phenoxy) is 1. The van der Waals surface area contributed by atoms with Gasteiger partial charge in [0.1, 0.15) is 0 Å². The minimum atomic E-state index is -0.520. The number of morpholine rings is 1. The van der Waals surface area contributed by atoms with Gasteiger partial charge >= 0.3 is 5.82 Å². The molecule has 1 aliphatic heterocycles. The van der Waals surface area contributed by atoms with E-state index in [1.165, 1.54) is 6.07 Å². The third-order valence-corrected chi connectivity index (χ3v) is 5.28. The maximum Gasteiger partial charge on any atom is 0.390 e. The van der Waals surface area contributed by atoms with Gasteiger partial charge in [-0.3, -0.25) is 20.5 Å². The molecule has 172 valence electrons. The predicted molar refractivity (Wildman–Crippen MR) is 122 cm³/mol. The number of carbonyl (C=O) groups excluding carboxylic acids is 1. The molecule has 1 aliphatic rings. The Morgan fingerprint density at radius 3 is 2.62 bits per heavy atom. The van der Waals surface area contributed by atoms with Gasteiger partial charge in [0.05, 0.1) is 36.6 Å². The number of aromatic nitrogens is 2. The van der Waals surface area contributed by atoms with Crippen LogP contribution in [-0.2, 0) is 11.3 Å². The maximum atomic E-state index is 12.3. The van der Waals surface area contributed by atoms with Crippen molar-refractivity contribution in [1.82, 2.24) is 30.8 Å². The lowest BCUT2D eigenvalue weighted by Crippen LogP contribution is -2.47. The lowest BCUT2D eigenvalue weighted by Gasteiger charge is -2.26. The fourth-order valence-electron chi connectivity index (χ4n) is 3.24. The molecule has 1 amide bonds. The Labute approximate surface area is 191 Å². The number of benzene rings is 1. The fraction of sp³-hybridized carbons (Fsp3) is 0.450. The summed E-state index contributed by atoms with van der Waals surface area (Å²) >= 11 is 5.19. The molecule has 1 aromatic carbocycles. The number of aryl methyl sites for hydroxylation is 1. The highest BCUT2D eigenvalue weighted by Gasteiger charge is 2.15. The van der Waals surface area contributed by atoms with Crippen molar-refractivity contribution in [1.29, 1.82) is 0 Å². The van der Waals surface area contributed by atoms with Gasteiger partial charge in [-0.2, -0.15) is 4.68 Å². The second kappa shape index (κ2) is 11.5. The molecule has 0 saturated carbocycles. The SMILES string of the molecule is Cc1cc([N+](=O)[O-])nn1Cc1ccc(C(=O)NNC(=S)NCCCN2CCOCC2)cc1. The lowest BCUT2D eigenvalue weighted by molar-refractivity contribution is -0.389. The molecular weight excluding hydrogens is 434 g/mol. The molecule has 0 radical (unpaired) electrons. The van der Waals surface area contributed by atoms with E-state index in [0.717, 1.165) is 44.8 Å². The van der Waals surface area contributed by atoms with Crippen molar-refractivity contribution in [3.8, 4) is 0 Å². The van der Waals surface area contributed by atoms with Gasteiger partial charge in [0.15, 0.2) is 5.11 Å². The summed E-state index contributed by atoms with van der Waals surface area (Å²) in [4.78, 5) is 25.0. The molecule has 0 aliphatic carbocycles. The molecule has 1 saturated heterocycles. The number of carbonyl (C=O) groups is 1. The Balaban J connectivity index is 1.38. The molecule has 0 atom stereocenters. The molecule has 2 heterocycles. The summed E-state index contributed by atoms with van der Waals surface area (Å²) in [5.74, 6) is -0.504. The zero-order valence-electron chi connectivity index (χ0n) is 17.9. The standard InChI is InChI=1S/C20H27N7O4S/c1-15-13-18(27(29)30)24-26(15)14-16-3-5-17(6-4-16)19(28)22-23-20(32)21-7-2-8-25-9-11-31-12-10-25/h3-6,13H,2,7-12,14H2,1H3,(H,22,28)(H2,21,23,32). The van der Waals surface area contributed by atoms with Gasteiger partial charge in [0.25, 0.3) is 5.91 Å². The highest BCUT2D eigenvalue weighted by molar-refractivity contribution is 7.80. The van der Waals surface area contributed by atoms with Gasteiger partial charge in [-0.1, -0.05) is 12.1 Å². The number of hydrazine groups is 1. The second-order valence-electron chi connectivity index (χ2n) is 7.40. The Morgan fingerprint density at radius 2 is 1.97 bits per heavy atom. The summed E-state index contributed by atoms with van der Waals surface area (Å²) in [6.07, 6.45) is 0.941. The molecule has 32 heavy (non-hydrogen) atoms. The molecule has 0 spiro atoms. The van der Waals surface area contributed by atoms with Crippen molar-refractivity contribution >= 4 is 29.1 Å². The van der Waals surface area contributed by atoms with Crippen molar-refractivity contribution in [2.24, 2.45) is 0 Å². The summed E-state index contributed by atoms with van der Waals surface area (Å²) in [7, 11) is 0. The largest absolute Gasteiger partial charge is 0.390 e. The molecule has 3 rings (SSSR count). The van der Waals surface area contributed by atoms with E-state index in [1.54, 1.807) is 35.9 Å². The van der Waals surface area contributed by atoms with Gasteiger partial charge in [-0.15, -0.1) is 0 Å². The predicted octanol–water partition coefficient (Wildman–Crippen LogP) is 0.979. The molecule has 1 fully saturated rings. The van der Waals surface area contributed by atoms with Crippen LogP contribution in [0.5, 0.6) is 0 Å². The summed E-state index contributed by atoms with van der Waals surface area (Å²) in [5, 5.41) is 18.2. The zero-order valence-corrected chi connectivity index (χ0v) is 18.7. The molecule has 3 N–H and O–H groups in total. The van der Waals surface area contributed by atoms with Crippen LogP contribution in [-0.4, -0.2) is 70.0 Å². The number of thiocarbonyl (C=S) groups is 1. The number of rotatable bonds is 8. The molecule has 11 nitrogen and oxygen atoms in total. The van der Waals surface area contributed by atoms with Gasteiger partial charge in [0, 0.05) is 25.2 Å². The van der Waals surface area contributed by atoms with Crippen LogP contribution >= 0.6 is 12.2 Å². The van der Waals surface area contributed by atoms with Crippen molar-refractivity contribution in [2.45, 2.75) is 19.9 Å². The summed E-state index contributed by atoms with van der Waals surface area (Å²) in [6.45, 7) is 7.29. The van der Waals surface area contributed by atoms with E-state index in [1.807, 2.05) is 0 Å². The number of nitro groups is 1.